The first-order chi connectivity index (χ1) is 16.5. The Hall–Kier alpha value is -3.48. The summed E-state index contributed by atoms with van der Waals surface area (Å²) in [4.78, 5) is 9.13. The molecule has 0 aliphatic carbocycles. The molecule has 1 fully saturated rings. The van der Waals surface area contributed by atoms with Gasteiger partial charge in [0.2, 0.25) is 0 Å². The highest BCUT2D eigenvalue weighted by Gasteiger charge is 2.25. The summed E-state index contributed by atoms with van der Waals surface area (Å²) in [6.45, 7) is 5.25. The quantitative estimate of drug-likeness (QED) is 0.411. The van der Waals surface area contributed by atoms with Crippen molar-refractivity contribution in [3.8, 4) is 17.3 Å². The van der Waals surface area contributed by atoms with E-state index in [-0.39, 0.29) is 11.4 Å². The van der Waals surface area contributed by atoms with E-state index in [4.69, 9.17) is 9.40 Å². The highest BCUT2D eigenvalue weighted by molar-refractivity contribution is 7.16. The summed E-state index contributed by atoms with van der Waals surface area (Å²) in [5, 5.41) is 14.3. The first-order valence-corrected chi connectivity index (χ1v) is 11.9. The number of halogens is 2. The molecule has 4 aromatic rings. The fraction of sp³-hybridized carbons (Fsp3) is 0.280. The van der Waals surface area contributed by atoms with Gasteiger partial charge in [-0.2, -0.15) is 5.26 Å². The maximum absolute atomic E-state index is 15.1. The van der Waals surface area contributed by atoms with Crippen LogP contribution in [-0.4, -0.2) is 38.2 Å². The fourth-order valence-electron chi connectivity index (χ4n) is 4.32. The Labute approximate surface area is 200 Å². The molecule has 0 saturated carbocycles. The molecule has 174 valence electrons. The molecule has 0 bridgehead atoms. The highest BCUT2D eigenvalue weighted by atomic mass is 32.1. The van der Waals surface area contributed by atoms with Crippen LogP contribution in [0.1, 0.15) is 17.6 Å². The van der Waals surface area contributed by atoms with Gasteiger partial charge in [-0.05, 0) is 30.3 Å². The third kappa shape index (κ3) is 3.89. The number of aromatic nitrogens is 1. The summed E-state index contributed by atoms with van der Waals surface area (Å²) in [6.07, 6.45) is 0.568. The molecule has 1 saturated heterocycles. The van der Waals surface area contributed by atoms with E-state index in [1.807, 2.05) is 24.9 Å². The van der Waals surface area contributed by atoms with E-state index in [0.29, 0.717) is 38.8 Å². The van der Waals surface area contributed by atoms with Gasteiger partial charge in [-0.15, -0.1) is 0 Å². The van der Waals surface area contributed by atoms with Gasteiger partial charge in [0.05, 0.1) is 5.69 Å². The van der Waals surface area contributed by atoms with Crippen LogP contribution in [-0.2, 0) is 6.42 Å². The zero-order chi connectivity index (χ0) is 23.8. The maximum atomic E-state index is 15.1. The van der Waals surface area contributed by atoms with Crippen LogP contribution in [0.5, 0.6) is 0 Å². The van der Waals surface area contributed by atoms with Gasteiger partial charge in [-0.25, -0.2) is 13.8 Å². The van der Waals surface area contributed by atoms with Crippen LogP contribution in [0.15, 0.2) is 40.8 Å². The third-order valence-corrected chi connectivity index (χ3v) is 7.07. The molecule has 0 unspecified atom stereocenters. The summed E-state index contributed by atoms with van der Waals surface area (Å²) in [5.74, 6) is -0.107. The van der Waals surface area contributed by atoms with Crippen LogP contribution in [0.2, 0.25) is 0 Å². The number of anilines is 3. The minimum atomic E-state index is -0.399. The highest BCUT2D eigenvalue weighted by Crippen LogP contribution is 2.43. The molecule has 0 atom stereocenters. The van der Waals surface area contributed by atoms with Crippen molar-refractivity contribution in [2.24, 2.45) is 0 Å². The second-order valence-electron chi connectivity index (χ2n) is 8.12. The predicted molar refractivity (Wildman–Crippen MR) is 131 cm³/mol. The number of rotatable bonds is 5. The number of nitrogens with zero attached hydrogens (tertiary/aromatic N) is 4. The van der Waals surface area contributed by atoms with Gasteiger partial charge in [0.15, 0.2) is 16.5 Å². The van der Waals surface area contributed by atoms with Gasteiger partial charge in [0.1, 0.15) is 28.2 Å². The summed E-state index contributed by atoms with van der Waals surface area (Å²) in [7, 11) is 1.84. The normalized spacial score (nSPS) is 13.9. The molecule has 5 rings (SSSR count). The number of fused-ring (bicyclic) bond motifs is 1. The molecule has 1 N–H and O–H groups in total. The molecule has 0 radical (unpaired) electrons. The lowest BCUT2D eigenvalue weighted by Crippen LogP contribution is -2.43. The zero-order valence-electron chi connectivity index (χ0n) is 18.9. The van der Waals surface area contributed by atoms with Crippen LogP contribution in [0, 0.1) is 23.0 Å². The van der Waals surface area contributed by atoms with Crippen molar-refractivity contribution in [2.45, 2.75) is 13.3 Å². The summed E-state index contributed by atoms with van der Waals surface area (Å²) < 4.78 is 34.5. The van der Waals surface area contributed by atoms with Gasteiger partial charge >= 0.3 is 0 Å². The number of hydrogen-bond donors (Lipinski definition) is 1. The number of piperazine rings is 1. The minimum Gasteiger partial charge on any atom is -0.456 e. The first kappa shape index (κ1) is 22.3. The van der Waals surface area contributed by atoms with E-state index in [2.05, 4.69) is 16.3 Å². The van der Waals surface area contributed by atoms with Crippen molar-refractivity contribution in [3.63, 3.8) is 0 Å². The van der Waals surface area contributed by atoms with E-state index in [1.54, 1.807) is 12.1 Å². The molecule has 0 amide bonds. The average molecular weight is 480 g/mol. The second-order valence-corrected chi connectivity index (χ2v) is 9.10. The summed E-state index contributed by atoms with van der Waals surface area (Å²) >= 11 is 1.23. The standard InChI is InChI=1S/C25H23F2N5OS/c1-3-20-23(18-12-17(13-19(27)24(18)33-20)32-10-8-29-9-11-32)31(2)25-30-22(21(14-28)34-25)15-4-6-16(26)7-5-15/h4-7,12-13,29H,3,8-11H2,1-2H3. The van der Waals surface area contributed by atoms with Crippen molar-refractivity contribution >= 4 is 38.8 Å². The van der Waals surface area contributed by atoms with Crippen LogP contribution in [0.4, 0.5) is 25.3 Å². The van der Waals surface area contributed by atoms with Gasteiger partial charge < -0.3 is 19.5 Å². The first-order valence-electron chi connectivity index (χ1n) is 11.1. The second kappa shape index (κ2) is 9.05. The van der Waals surface area contributed by atoms with Crippen LogP contribution < -0.4 is 15.1 Å². The maximum Gasteiger partial charge on any atom is 0.191 e. The number of thiazole rings is 1. The Morgan fingerprint density at radius 3 is 2.62 bits per heavy atom. The van der Waals surface area contributed by atoms with Gasteiger partial charge in [0.25, 0.3) is 0 Å². The lowest BCUT2D eigenvalue weighted by atomic mass is 10.1. The Morgan fingerprint density at radius 1 is 1.21 bits per heavy atom. The lowest BCUT2D eigenvalue weighted by molar-refractivity contribution is 0.524. The largest absolute Gasteiger partial charge is 0.456 e. The molecule has 2 aromatic heterocycles. The van der Waals surface area contributed by atoms with Gasteiger partial charge in [-0.3, -0.25) is 0 Å². The van der Waals surface area contributed by atoms with E-state index in [9.17, 15) is 9.65 Å². The van der Waals surface area contributed by atoms with E-state index in [0.717, 1.165) is 37.6 Å². The Kier molecular flexibility index (Phi) is 5.94. The SMILES string of the molecule is CCc1oc2c(F)cc(N3CCNCC3)cc2c1N(C)c1nc(-c2ccc(F)cc2)c(C#N)s1. The van der Waals surface area contributed by atoms with Crippen molar-refractivity contribution in [1.29, 1.82) is 5.26 Å². The molecular formula is C25H23F2N5OS. The van der Waals surface area contributed by atoms with E-state index < -0.39 is 5.82 Å². The molecule has 3 heterocycles. The molecule has 9 heteroatoms. The minimum absolute atomic E-state index is 0.216. The van der Waals surface area contributed by atoms with Crippen molar-refractivity contribution in [3.05, 3.63) is 58.7 Å². The van der Waals surface area contributed by atoms with Gasteiger partial charge in [0, 0.05) is 62.4 Å². The van der Waals surface area contributed by atoms with Crippen molar-refractivity contribution in [2.75, 3.05) is 43.0 Å². The Bertz CT molecular complexity index is 1380. The molecule has 1 aliphatic rings. The van der Waals surface area contributed by atoms with E-state index >= 15 is 4.39 Å². The lowest BCUT2D eigenvalue weighted by Gasteiger charge is -2.29. The van der Waals surface area contributed by atoms with Crippen molar-refractivity contribution in [1.82, 2.24) is 10.3 Å². The molecule has 1 aliphatic heterocycles. The zero-order valence-corrected chi connectivity index (χ0v) is 19.7. The van der Waals surface area contributed by atoms with Crippen LogP contribution >= 0.6 is 11.3 Å². The van der Waals surface area contributed by atoms with Crippen LogP contribution in [0.3, 0.4) is 0 Å². The van der Waals surface area contributed by atoms with E-state index in [1.165, 1.54) is 29.5 Å². The Morgan fingerprint density at radius 2 is 1.94 bits per heavy atom. The Balaban J connectivity index is 1.61. The number of furan rings is 1. The monoisotopic (exact) mass is 479 g/mol. The fourth-order valence-corrected chi connectivity index (χ4v) is 5.17. The molecular weight excluding hydrogens is 456 g/mol. The molecule has 34 heavy (non-hydrogen) atoms. The van der Waals surface area contributed by atoms with Gasteiger partial charge in [-0.1, -0.05) is 18.3 Å². The summed E-state index contributed by atoms with van der Waals surface area (Å²) in [6, 6.07) is 11.6. The molecule has 2 aromatic carbocycles. The van der Waals surface area contributed by atoms with Crippen LogP contribution in [0.25, 0.3) is 22.2 Å². The molecule has 6 nitrogen and oxygen atoms in total. The number of nitrogens with one attached hydrogen (secondary N) is 1. The van der Waals surface area contributed by atoms with Crippen molar-refractivity contribution < 1.29 is 13.2 Å². The smallest absolute Gasteiger partial charge is 0.191 e. The topological polar surface area (TPSA) is 68.3 Å². The predicted octanol–water partition coefficient (Wildman–Crippen LogP) is 5.45. The molecule has 0 spiro atoms. The number of hydrogen-bond acceptors (Lipinski definition) is 7. The average Bonchev–Trinajstić information content (AvgIpc) is 3.46. The number of nitriles is 1. The number of benzene rings is 2. The third-order valence-electron chi connectivity index (χ3n) is 6.03. The number of aryl methyl sites for hydroxylation is 1. The summed E-state index contributed by atoms with van der Waals surface area (Å²) in [5.41, 5.74) is 2.92.